The molecule has 0 bridgehead atoms. The fourth-order valence-corrected chi connectivity index (χ4v) is 6.06. The van der Waals surface area contributed by atoms with E-state index in [0.29, 0.717) is 17.7 Å². The fourth-order valence-electron chi connectivity index (χ4n) is 4.97. The number of sulfonamides is 1. The molecule has 186 valence electrons. The van der Waals surface area contributed by atoms with Crippen LogP contribution in [0.25, 0.3) is 0 Å². The van der Waals surface area contributed by atoms with Gasteiger partial charge in [0.05, 0.1) is 22.1 Å². The summed E-state index contributed by atoms with van der Waals surface area (Å²) in [4.78, 5) is 11.0. The van der Waals surface area contributed by atoms with E-state index in [2.05, 4.69) is 10.0 Å². The van der Waals surface area contributed by atoms with Crippen LogP contribution in [0.2, 0.25) is 0 Å². The van der Waals surface area contributed by atoms with Gasteiger partial charge in [0.15, 0.2) is 0 Å². The molecule has 0 aromatic heterocycles. The van der Waals surface area contributed by atoms with Gasteiger partial charge in [-0.05, 0) is 72.0 Å². The first-order chi connectivity index (χ1) is 17.0. The Kier molecular flexibility index (Phi) is 5.78. The van der Waals surface area contributed by atoms with Crippen LogP contribution in [0, 0.1) is 5.92 Å². The smallest absolute Gasteiger partial charge is 0.416 e. The molecule has 0 unspecified atom stereocenters. The van der Waals surface area contributed by atoms with E-state index >= 15 is 0 Å². The molecule has 0 fully saturated rings. The molecular formula is C26H21F3N2O4S. The molecule has 3 aromatic rings. The van der Waals surface area contributed by atoms with Crippen molar-refractivity contribution in [3.05, 3.63) is 101 Å². The van der Waals surface area contributed by atoms with Gasteiger partial charge in [0.1, 0.15) is 0 Å². The summed E-state index contributed by atoms with van der Waals surface area (Å²) in [6.07, 6.45) is -0.105. The first-order valence-electron chi connectivity index (χ1n) is 11.1. The second kappa shape index (κ2) is 8.70. The molecule has 2 aliphatic rings. The number of allylic oxidation sites excluding steroid dienone is 2. The van der Waals surface area contributed by atoms with Crippen LogP contribution in [0.15, 0.2) is 83.8 Å². The van der Waals surface area contributed by atoms with Crippen LogP contribution >= 0.6 is 0 Å². The standard InChI is InChI=1S/C26H21F3N2O4S/c27-26(28,29)22-7-2-1-4-20(22)24-19-6-3-5-18(19)21-14-17(12-13-23(21)30-24)36(34,35)31-16-10-8-15(9-11-16)25(32)33/h1-5,7-14,18-19,24,30-31H,6H2,(H,32,33)/t18-,19+,24-/m0/s1. The zero-order chi connectivity index (χ0) is 25.7. The number of aromatic carboxylic acids is 1. The fraction of sp³-hybridized carbons (Fsp3) is 0.192. The number of fused-ring (bicyclic) bond motifs is 3. The molecular weight excluding hydrogens is 493 g/mol. The molecule has 6 nitrogen and oxygen atoms in total. The van der Waals surface area contributed by atoms with E-state index in [9.17, 15) is 26.4 Å². The minimum atomic E-state index is -4.49. The van der Waals surface area contributed by atoms with Gasteiger partial charge >= 0.3 is 12.1 Å². The van der Waals surface area contributed by atoms with E-state index < -0.39 is 33.8 Å². The summed E-state index contributed by atoms with van der Waals surface area (Å²) in [5.74, 6) is -1.59. The summed E-state index contributed by atoms with van der Waals surface area (Å²) in [6, 6.07) is 14.7. The van der Waals surface area contributed by atoms with E-state index in [1.807, 2.05) is 12.2 Å². The SMILES string of the molecule is O=C(O)c1ccc(NS(=O)(=O)c2ccc3c(c2)[C@H]2C=CC[C@H]2[C@@H](c2ccccc2C(F)(F)F)N3)cc1. The molecule has 36 heavy (non-hydrogen) atoms. The predicted octanol–water partition coefficient (Wildman–Crippen LogP) is 6.03. The zero-order valence-corrected chi connectivity index (χ0v) is 19.5. The molecule has 0 saturated heterocycles. The number of alkyl halides is 3. The third-order valence-electron chi connectivity index (χ3n) is 6.63. The topological polar surface area (TPSA) is 95.5 Å². The highest BCUT2D eigenvalue weighted by molar-refractivity contribution is 7.92. The predicted molar refractivity (Wildman–Crippen MR) is 128 cm³/mol. The van der Waals surface area contributed by atoms with Gasteiger partial charge in [0.25, 0.3) is 10.0 Å². The van der Waals surface area contributed by atoms with Crippen molar-refractivity contribution in [2.75, 3.05) is 10.0 Å². The Hall–Kier alpha value is -3.79. The van der Waals surface area contributed by atoms with E-state index in [0.717, 1.165) is 6.07 Å². The second-order valence-corrected chi connectivity index (χ2v) is 10.5. The van der Waals surface area contributed by atoms with E-state index in [1.165, 1.54) is 48.5 Å². The van der Waals surface area contributed by atoms with E-state index in [4.69, 9.17) is 5.11 Å². The van der Waals surface area contributed by atoms with Crippen molar-refractivity contribution < 1.29 is 31.5 Å². The Labute approximate surface area is 205 Å². The van der Waals surface area contributed by atoms with Crippen LogP contribution < -0.4 is 10.0 Å². The largest absolute Gasteiger partial charge is 0.478 e. The van der Waals surface area contributed by atoms with Gasteiger partial charge < -0.3 is 10.4 Å². The van der Waals surface area contributed by atoms with Crippen LogP contribution in [0.3, 0.4) is 0 Å². The average Bonchev–Trinajstić information content (AvgIpc) is 3.33. The number of hydrogen-bond donors (Lipinski definition) is 3. The molecule has 0 spiro atoms. The van der Waals surface area contributed by atoms with Crippen molar-refractivity contribution >= 4 is 27.4 Å². The van der Waals surface area contributed by atoms with Crippen LogP contribution in [0.4, 0.5) is 24.5 Å². The molecule has 1 aliphatic carbocycles. The number of hydrogen-bond acceptors (Lipinski definition) is 4. The van der Waals surface area contributed by atoms with Crippen molar-refractivity contribution in [1.82, 2.24) is 0 Å². The van der Waals surface area contributed by atoms with Gasteiger partial charge in [0.2, 0.25) is 0 Å². The lowest BCUT2D eigenvalue weighted by atomic mass is 9.76. The van der Waals surface area contributed by atoms with Crippen LogP contribution in [0.1, 0.15) is 45.4 Å². The Morgan fingerprint density at radius 3 is 2.42 bits per heavy atom. The Bertz CT molecular complexity index is 1470. The summed E-state index contributed by atoms with van der Waals surface area (Å²) in [6.45, 7) is 0. The Balaban J connectivity index is 1.48. The van der Waals surface area contributed by atoms with Crippen molar-refractivity contribution in [2.24, 2.45) is 5.92 Å². The quantitative estimate of drug-likeness (QED) is 0.362. The third-order valence-corrected chi connectivity index (χ3v) is 8.01. The van der Waals surface area contributed by atoms with E-state index in [1.54, 1.807) is 12.1 Å². The lowest BCUT2D eigenvalue weighted by Crippen LogP contribution is -2.31. The zero-order valence-electron chi connectivity index (χ0n) is 18.7. The van der Waals surface area contributed by atoms with Gasteiger partial charge in [-0.15, -0.1) is 0 Å². The van der Waals surface area contributed by atoms with Crippen molar-refractivity contribution in [3.8, 4) is 0 Å². The number of benzene rings is 3. The van der Waals surface area contributed by atoms with Crippen LogP contribution in [0.5, 0.6) is 0 Å². The molecule has 0 saturated carbocycles. The molecule has 3 aromatic carbocycles. The van der Waals surface area contributed by atoms with Crippen LogP contribution in [-0.2, 0) is 16.2 Å². The summed E-state index contributed by atoms with van der Waals surface area (Å²) in [7, 11) is -4.00. The van der Waals surface area contributed by atoms with E-state index in [-0.39, 0.29) is 33.5 Å². The molecule has 3 N–H and O–H groups in total. The van der Waals surface area contributed by atoms with Gasteiger partial charge in [-0.25, -0.2) is 13.2 Å². The minimum absolute atomic E-state index is 0.00134. The highest BCUT2D eigenvalue weighted by Crippen LogP contribution is 2.51. The maximum absolute atomic E-state index is 13.7. The maximum Gasteiger partial charge on any atom is 0.416 e. The normalized spacial score (nSPS) is 20.8. The number of rotatable bonds is 5. The maximum atomic E-state index is 13.7. The van der Waals surface area contributed by atoms with Gasteiger partial charge in [-0.2, -0.15) is 13.2 Å². The monoisotopic (exact) mass is 514 g/mol. The summed E-state index contributed by atoms with van der Waals surface area (Å²) in [5.41, 5.74) is 0.983. The molecule has 0 amide bonds. The number of carboxylic acids is 1. The van der Waals surface area contributed by atoms with Crippen molar-refractivity contribution in [2.45, 2.75) is 29.5 Å². The number of nitrogens with one attached hydrogen (secondary N) is 2. The van der Waals surface area contributed by atoms with Crippen molar-refractivity contribution in [1.29, 1.82) is 0 Å². The highest BCUT2D eigenvalue weighted by Gasteiger charge is 2.42. The molecule has 3 atom stereocenters. The van der Waals surface area contributed by atoms with Crippen LogP contribution in [-0.4, -0.2) is 19.5 Å². The summed E-state index contributed by atoms with van der Waals surface area (Å²) >= 11 is 0. The molecule has 1 aliphatic heterocycles. The molecule has 5 rings (SSSR count). The molecule has 10 heteroatoms. The van der Waals surface area contributed by atoms with Gasteiger partial charge in [0, 0.05) is 17.3 Å². The first-order valence-corrected chi connectivity index (χ1v) is 12.6. The number of carbonyl (C=O) groups is 1. The molecule has 0 radical (unpaired) electrons. The average molecular weight is 515 g/mol. The number of halogens is 3. The van der Waals surface area contributed by atoms with Crippen molar-refractivity contribution in [3.63, 3.8) is 0 Å². The number of carboxylic acid groups (broad SMARTS) is 1. The molecule has 1 heterocycles. The summed E-state index contributed by atoms with van der Waals surface area (Å²) < 4.78 is 69.7. The Morgan fingerprint density at radius 2 is 1.72 bits per heavy atom. The lowest BCUT2D eigenvalue weighted by molar-refractivity contribution is -0.138. The van der Waals surface area contributed by atoms with Gasteiger partial charge in [-0.1, -0.05) is 30.4 Å². The third kappa shape index (κ3) is 4.32. The summed E-state index contributed by atoms with van der Waals surface area (Å²) in [5, 5.41) is 12.2. The second-order valence-electron chi connectivity index (χ2n) is 8.80. The van der Waals surface area contributed by atoms with Gasteiger partial charge in [-0.3, -0.25) is 4.72 Å². The highest BCUT2D eigenvalue weighted by atomic mass is 32.2. The minimum Gasteiger partial charge on any atom is -0.478 e. The number of anilines is 2. The lowest BCUT2D eigenvalue weighted by Gasteiger charge is -2.38. The Morgan fingerprint density at radius 1 is 1.00 bits per heavy atom. The first kappa shape index (κ1) is 23.9.